The first-order valence-corrected chi connectivity index (χ1v) is 11.9. The molecule has 36 heavy (non-hydrogen) atoms. The predicted molar refractivity (Wildman–Crippen MR) is 146 cm³/mol. The van der Waals surface area contributed by atoms with Gasteiger partial charge in [-0.25, -0.2) is 14.8 Å². The highest BCUT2D eigenvalue weighted by molar-refractivity contribution is 9.10. The fraction of sp³-hybridized carbons (Fsp3) is 0.192. The number of aromatic carboxylic acids is 1. The second-order valence-electron chi connectivity index (χ2n) is 8.48. The zero-order valence-electron chi connectivity index (χ0n) is 20.2. The van der Waals surface area contributed by atoms with Crippen molar-refractivity contribution in [1.29, 1.82) is 0 Å². The molecule has 0 radical (unpaired) electrons. The molecule has 2 aromatic carbocycles. The average Bonchev–Trinajstić information content (AvgIpc) is 2.83. The number of halogens is 1. The normalized spacial score (nSPS) is 12.2. The third-order valence-electron chi connectivity index (χ3n) is 5.87. The van der Waals surface area contributed by atoms with Gasteiger partial charge in [-0.2, -0.15) is 0 Å². The van der Waals surface area contributed by atoms with E-state index in [1.807, 2.05) is 38.1 Å². The number of nitrogens with zero attached hydrogens (tertiary/aromatic N) is 4. The molecule has 4 N–H and O–H groups in total. The van der Waals surface area contributed by atoms with E-state index in [-0.39, 0.29) is 17.3 Å². The second kappa shape index (κ2) is 9.90. The molecule has 9 nitrogen and oxygen atoms in total. The van der Waals surface area contributed by atoms with Crippen LogP contribution in [0.3, 0.4) is 0 Å². The van der Waals surface area contributed by atoms with Crippen molar-refractivity contribution in [3.8, 4) is 11.4 Å². The van der Waals surface area contributed by atoms with Crippen LogP contribution in [-0.2, 0) is 7.05 Å². The molecule has 10 heteroatoms. The molecule has 0 aliphatic heterocycles. The maximum atomic E-state index is 13.4. The summed E-state index contributed by atoms with van der Waals surface area (Å²) in [6.45, 7) is 3.79. The van der Waals surface area contributed by atoms with Crippen molar-refractivity contribution < 1.29 is 9.90 Å². The van der Waals surface area contributed by atoms with Crippen LogP contribution in [0.25, 0.3) is 22.3 Å². The molecule has 0 saturated heterocycles. The Kier molecular flexibility index (Phi) is 6.89. The predicted octanol–water partition coefficient (Wildman–Crippen LogP) is 4.57. The molecular weight excluding hydrogens is 524 g/mol. The number of aromatic nitrogens is 3. The maximum absolute atomic E-state index is 13.4. The van der Waals surface area contributed by atoms with Gasteiger partial charge in [-0.3, -0.25) is 14.4 Å². The lowest BCUT2D eigenvalue weighted by molar-refractivity contribution is 0.0691. The molecule has 2 heterocycles. The van der Waals surface area contributed by atoms with Gasteiger partial charge in [0.1, 0.15) is 10.4 Å². The van der Waals surface area contributed by atoms with Gasteiger partial charge in [0.2, 0.25) is 0 Å². The molecule has 184 valence electrons. The third kappa shape index (κ3) is 4.72. The lowest BCUT2D eigenvalue weighted by atomic mass is 10.0. The third-order valence-corrected chi connectivity index (χ3v) is 6.31. The van der Waals surface area contributed by atoms with E-state index in [4.69, 9.17) is 10.7 Å². The number of carbonyl (C=O) groups is 1. The molecule has 4 aromatic rings. The molecule has 0 saturated carbocycles. The summed E-state index contributed by atoms with van der Waals surface area (Å²) in [4.78, 5) is 38.2. The van der Waals surface area contributed by atoms with Gasteiger partial charge in [-0.1, -0.05) is 6.07 Å². The summed E-state index contributed by atoms with van der Waals surface area (Å²) < 4.78 is 1.94. The van der Waals surface area contributed by atoms with Crippen LogP contribution in [0.4, 0.5) is 11.4 Å². The molecule has 4 rings (SSSR count). The first-order chi connectivity index (χ1) is 17.1. The van der Waals surface area contributed by atoms with Crippen LogP contribution in [0.5, 0.6) is 0 Å². The summed E-state index contributed by atoms with van der Waals surface area (Å²) in [7, 11) is 3.35. The van der Waals surface area contributed by atoms with E-state index in [0.29, 0.717) is 32.7 Å². The number of anilines is 2. The van der Waals surface area contributed by atoms with Crippen LogP contribution in [0, 0.1) is 6.92 Å². The van der Waals surface area contributed by atoms with Crippen molar-refractivity contribution in [2.24, 2.45) is 12.0 Å². The number of aryl methyl sites for hydroxylation is 1. The summed E-state index contributed by atoms with van der Waals surface area (Å²) >= 11 is 3.22. The smallest absolute Gasteiger partial charge is 0.356 e. The van der Waals surface area contributed by atoms with E-state index in [9.17, 15) is 14.7 Å². The van der Waals surface area contributed by atoms with Gasteiger partial charge in [0, 0.05) is 42.7 Å². The summed E-state index contributed by atoms with van der Waals surface area (Å²) in [5, 5.41) is 13.3. The van der Waals surface area contributed by atoms with Crippen molar-refractivity contribution in [3.63, 3.8) is 0 Å². The van der Waals surface area contributed by atoms with Crippen LogP contribution in [0.1, 0.15) is 40.1 Å². The molecule has 2 aromatic heterocycles. The van der Waals surface area contributed by atoms with Gasteiger partial charge in [-0.05, 0) is 71.7 Å². The van der Waals surface area contributed by atoms with Gasteiger partial charge in [0.15, 0.2) is 5.69 Å². The summed E-state index contributed by atoms with van der Waals surface area (Å²) in [6.07, 6.45) is 1.66. The largest absolute Gasteiger partial charge is 0.476 e. The van der Waals surface area contributed by atoms with Crippen LogP contribution >= 0.6 is 15.9 Å². The van der Waals surface area contributed by atoms with Crippen LogP contribution in [0.15, 0.2) is 56.9 Å². The lowest BCUT2D eigenvalue weighted by Gasteiger charge is -2.20. The van der Waals surface area contributed by atoms with Gasteiger partial charge in [0.25, 0.3) is 5.56 Å². The Morgan fingerprint density at radius 1 is 1.22 bits per heavy atom. The van der Waals surface area contributed by atoms with E-state index in [1.54, 1.807) is 38.5 Å². The van der Waals surface area contributed by atoms with Crippen molar-refractivity contribution in [2.75, 3.05) is 18.1 Å². The summed E-state index contributed by atoms with van der Waals surface area (Å²) in [6, 6.07) is 12.1. The average molecular weight is 549 g/mol. The number of carboxylic acids is 1. The number of rotatable bonds is 6. The Morgan fingerprint density at radius 3 is 2.67 bits per heavy atom. The van der Waals surface area contributed by atoms with E-state index >= 15 is 0 Å². The monoisotopic (exact) mass is 548 g/mol. The minimum Gasteiger partial charge on any atom is -0.476 e. The van der Waals surface area contributed by atoms with E-state index in [0.717, 1.165) is 22.3 Å². The Balaban J connectivity index is 1.90. The number of benzene rings is 2. The molecular formula is C26H25BrN6O3. The quantitative estimate of drug-likeness (QED) is 0.182. The number of hydrogen-bond acceptors (Lipinski definition) is 7. The molecule has 0 fully saturated rings. The van der Waals surface area contributed by atoms with Gasteiger partial charge >= 0.3 is 5.97 Å². The molecule has 1 unspecified atom stereocenters. The minimum absolute atomic E-state index is 0.107. The van der Waals surface area contributed by atoms with Crippen molar-refractivity contribution >= 4 is 50.4 Å². The molecule has 1 atom stereocenters. The molecule has 0 spiro atoms. The number of carboxylic acid groups (broad SMARTS) is 1. The lowest BCUT2D eigenvalue weighted by Crippen LogP contribution is -2.22. The number of aliphatic imine (C=N–C) groups is 1. The highest BCUT2D eigenvalue weighted by Gasteiger charge is 2.20. The molecule has 0 aliphatic rings. The first-order valence-electron chi connectivity index (χ1n) is 11.1. The number of nitrogen functional groups attached to an aromatic ring is 1. The Morgan fingerprint density at radius 2 is 1.97 bits per heavy atom. The number of nitrogens with one attached hydrogen (secondary N) is 1. The van der Waals surface area contributed by atoms with Gasteiger partial charge in [0.05, 0.1) is 22.6 Å². The summed E-state index contributed by atoms with van der Waals surface area (Å²) in [5.41, 5.74) is 10.3. The fourth-order valence-electron chi connectivity index (χ4n) is 4.13. The van der Waals surface area contributed by atoms with E-state index < -0.39 is 5.97 Å². The topological polar surface area (TPSA) is 135 Å². The minimum atomic E-state index is -1.15. The second-order valence-corrected chi connectivity index (χ2v) is 9.29. The van der Waals surface area contributed by atoms with E-state index in [1.165, 1.54) is 4.57 Å². The fourth-order valence-corrected chi connectivity index (χ4v) is 4.44. The first kappa shape index (κ1) is 25.1. The number of nitrogens with two attached hydrogens (primary N) is 1. The number of fused-ring (bicyclic) bond motifs is 1. The van der Waals surface area contributed by atoms with Crippen molar-refractivity contribution in [1.82, 2.24) is 14.5 Å². The van der Waals surface area contributed by atoms with Crippen LogP contribution < -0.4 is 16.6 Å². The number of hydrogen-bond donors (Lipinski definition) is 3. The SMILES string of the molecule is CN=Cc1cc(-c2nc3c(C(C)Nc4ccc(Br)nc4C(=O)O)cc(C)cc3c(=O)n2C)ccc1N. The number of pyridine rings is 1. The Labute approximate surface area is 215 Å². The molecule has 0 bridgehead atoms. The zero-order chi connectivity index (χ0) is 26.1. The molecule has 0 aliphatic carbocycles. The van der Waals surface area contributed by atoms with Crippen LogP contribution in [0.2, 0.25) is 0 Å². The van der Waals surface area contributed by atoms with Crippen LogP contribution in [-0.4, -0.2) is 38.9 Å². The highest BCUT2D eigenvalue weighted by atomic mass is 79.9. The van der Waals surface area contributed by atoms with Crippen molar-refractivity contribution in [3.05, 3.63) is 79.8 Å². The molecule has 0 amide bonds. The zero-order valence-corrected chi connectivity index (χ0v) is 21.8. The standard InChI is InChI=1S/C26H25BrN6O3/c1-13-9-17(14(2)30-20-7-8-21(27)31-23(20)26(35)36)22-18(10-13)25(34)33(4)24(32-22)15-5-6-19(28)16(11-15)12-29-3/h5-12,14,30H,28H2,1-4H3,(H,35,36). The Bertz CT molecular complexity index is 1600. The van der Waals surface area contributed by atoms with Gasteiger partial charge < -0.3 is 16.2 Å². The highest BCUT2D eigenvalue weighted by Crippen LogP contribution is 2.30. The van der Waals surface area contributed by atoms with Crippen molar-refractivity contribution in [2.45, 2.75) is 19.9 Å². The maximum Gasteiger partial charge on any atom is 0.356 e. The van der Waals surface area contributed by atoms with E-state index in [2.05, 4.69) is 31.2 Å². The van der Waals surface area contributed by atoms with Gasteiger partial charge in [-0.15, -0.1) is 0 Å². The Hall–Kier alpha value is -4.05. The summed E-state index contributed by atoms with van der Waals surface area (Å²) in [5.74, 6) is -0.670.